The minimum atomic E-state index is -0.0570. The van der Waals surface area contributed by atoms with Crippen LogP contribution in [0.4, 0.5) is 10.5 Å². The van der Waals surface area contributed by atoms with Gasteiger partial charge in [-0.2, -0.15) is 8.75 Å². The number of carbonyl (C=O) groups is 1. The molecule has 8 heteroatoms. The van der Waals surface area contributed by atoms with Crippen LogP contribution in [-0.2, 0) is 0 Å². The second-order valence-electron chi connectivity index (χ2n) is 8.94. The predicted octanol–water partition coefficient (Wildman–Crippen LogP) is 5.42. The molecule has 0 saturated carbocycles. The molecular formula is C23H26ClN5OS. The molecule has 3 heterocycles. The number of urea groups is 1. The number of carbonyl (C=O) groups excluding carboxylic acids is 1. The van der Waals surface area contributed by atoms with Crippen molar-refractivity contribution >= 4 is 46.1 Å². The third-order valence-corrected chi connectivity index (χ3v) is 7.63. The van der Waals surface area contributed by atoms with Crippen LogP contribution < -0.4 is 5.32 Å². The van der Waals surface area contributed by atoms with E-state index >= 15 is 0 Å². The maximum Gasteiger partial charge on any atom is 0.321 e. The summed E-state index contributed by atoms with van der Waals surface area (Å²) in [5.74, 6) is 0. The van der Waals surface area contributed by atoms with Crippen molar-refractivity contribution in [3.8, 4) is 0 Å². The van der Waals surface area contributed by atoms with Crippen LogP contribution in [0.2, 0.25) is 5.02 Å². The van der Waals surface area contributed by atoms with E-state index in [1.165, 1.54) is 5.56 Å². The highest BCUT2D eigenvalue weighted by Gasteiger charge is 2.54. The van der Waals surface area contributed by atoms with Gasteiger partial charge in [-0.15, -0.1) is 0 Å². The van der Waals surface area contributed by atoms with Crippen LogP contribution in [0.3, 0.4) is 0 Å². The Kier molecular flexibility index (Phi) is 5.36. The molecule has 0 radical (unpaired) electrons. The normalized spacial score (nSPS) is 20.9. The van der Waals surface area contributed by atoms with Crippen LogP contribution in [0.1, 0.15) is 38.3 Å². The Morgan fingerprint density at radius 1 is 1.16 bits per heavy atom. The molecule has 6 nitrogen and oxygen atoms in total. The topological polar surface area (TPSA) is 61.4 Å². The van der Waals surface area contributed by atoms with Gasteiger partial charge in [0.05, 0.1) is 17.4 Å². The van der Waals surface area contributed by atoms with E-state index < -0.39 is 0 Å². The Morgan fingerprint density at radius 2 is 1.90 bits per heavy atom. The summed E-state index contributed by atoms with van der Waals surface area (Å²) in [4.78, 5) is 17.5. The molecule has 1 N–H and O–H groups in total. The molecule has 2 aliphatic heterocycles. The summed E-state index contributed by atoms with van der Waals surface area (Å²) < 4.78 is 8.57. The third kappa shape index (κ3) is 3.69. The van der Waals surface area contributed by atoms with Crippen LogP contribution in [0.15, 0.2) is 42.5 Å². The number of fused-ring (bicyclic) bond motifs is 1. The van der Waals surface area contributed by atoms with Gasteiger partial charge in [-0.25, -0.2) is 4.79 Å². The van der Waals surface area contributed by atoms with Crippen molar-refractivity contribution in [2.45, 2.75) is 38.8 Å². The second kappa shape index (κ2) is 8.04. The molecular weight excluding hydrogens is 430 g/mol. The molecule has 5 rings (SSSR count). The fourth-order valence-corrected chi connectivity index (χ4v) is 5.82. The fourth-order valence-electron chi connectivity index (χ4n) is 5.14. The molecule has 0 bridgehead atoms. The molecule has 162 valence electrons. The average Bonchev–Trinajstić information content (AvgIpc) is 3.24. The first kappa shape index (κ1) is 20.7. The third-order valence-electron chi connectivity index (χ3n) is 6.83. The molecule has 2 amide bonds. The standard InChI is InChI=1S/C23H26ClN5OS/c1-15(2)29-14-23(21(29)16-6-8-17(24)9-7-16)10-12-28(13-11-23)22(30)25-18-4-3-5-19-20(18)27-31-26-19/h3-9,15,21H,10-14H2,1-2H3,(H,25,30). The van der Waals surface area contributed by atoms with Crippen molar-refractivity contribution in [1.82, 2.24) is 18.5 Å². The van der Waals surface area contributed by atoms with E-state index in [9.17, 15) is 4.79 Å². The first-order valence-electron chi connectivity index (χ1n) is 10.8. The number of nitrogens with one attached hydrogen (secondary N) is 1. The molecule has 31 heavy (non-hydrogen) atoms. The lowest BCUT2D eigenvalue weighted by Crippen LogP contribution is -2.64. The number of benzene rings is 2. The Balaban J connectivity index is 1.29. The maximum absolute atomic E-state index is 13.0. The number of piperidine rings is 1. The van der Waals surface area contributed by atoms with Gasteiger partial charge in [-0.1, -0.05) is 29.8 Å². The smallest absolute Gasteiger partial charge is 0.321 e. The lowest BCUT2D eigenvalue weighted by Gasteiger charge is -2.62. The molecule has 3 aromatic rings. The highest BCUT2D eigenvalue weighted by molar-refractivity contribution is 7.00. The molecule has 2 saturated heterocycles. The monoisotopic (exact) mass is 455 g/mol. The Hall–Kier alpha value is -2.22. The Bertz CT molecular complexity index is 1090. The van der Waals surface area contributed by atoms with Crippen LogP contribution in [0.5, 0.6) is 0 Å². The van der Waals surface area contributed by atoms with E-state index in [0.29, 0.717) is 12.1 Å². The molecule has 1 spiro atoms. The van der Waals surface area contributed by atoms with E-state index in [-0.39, 0.29) is 11.4 Å². The zero-order valence-corrected chi connectivity index (χ0v) is 19.3. The van der Waals surface area contributed by atoms with Gasteiger partial charge in [0.1, 0.15) is 11.0 Å². The number of aromatic nitrogens is 2. The largest absolute Gasteiger partial charge is 0.324 e. The van der Waals surface area contributed by atoms with Gasteiger partial charge in [0, 0.05) is 42.2 Å². The zero-order chi connectivity index (χ0) is 21.6. The molecule has 1 aromatic heterocycles. The van der Waals surface area contributed by atoms with Gasteiger partial charge < -0.3 is 10.2 Å². The highest BCUT2D eigenvalue weighted by atomic mass is 35.5. The van der Waals surface area contributed by atoms with Gasteiger partial charge in [0.25, 0.3) is 0 Å². The van der Waals surface area contributed by atoms with E-state index in [2.05, 4.69) is 44.9 Å². The maximum atomic E-state index is 13.0. The molecule has 0 aliphatic carbocycles. The number of hydrogen-bond acceptors (Lipinski definition) is 5. The van der Waals surface area contributed by atoms with E-state index in [1.54, 1.807) is 0 Å². The number of nitrogens with zero attached hydrogens (tertiary/aromatic N) is 4. The van der Waals surface area contributed by atoms with Crippen molar-refractivity contribution in [2.75, 3.05) is 25.0 Å². The van der Waals surface area contributed by atoms with Crippen LogP contribution in [-0.4, -0.2) is 50.3 Å². The predicted molar refractivity (Wildman–Crippen MR) is 126 cm³/mol. The summed E-state index contributed by atoms with van der Waals surface area (Å²) in [5.41, 5.74) is 3.83. The first-order chi connectivity index (χ1) is 15.0. The summed E-state index contributed by atoms with van der Waals surface area (Å²) in [5, 5.41) is 3.81. The summed E-state index contributed by atoms with van der Waals surface area (Å²) in [6.07, 6.45) is 2.00. The van der Waals surface area contributed by atoms with Crippen molar-refractivity contribution in [3.05, 3.63) is 53.1 Å². The lowest BCUT2D eigenvalue weighted by atomic mass is 9.62. The minimum Gasteiger partial charge on any atom is -0.324 e. The number of amides is 2. The quantitative estimate of drug-likeness (QED) is 0.572. The number of hydrogen-bond donors (Lipinski definition) is 1. The highest BCUT2D eigenvalue weighted by Crippen LogP contribution is 2.55. The molecule has 1 atom stereocenters. The Labute approximate surface area is 191 Å². The molecule has 2 aromatic carbocycles. The van der Waals surface area contributed by atoms with Crippen molar-refractivity contribution < 1.29 is 4.79 Å². The summed E-state index contributed by atoms with van der Waals surface area (Å²) in [7, 11) is 0. The SMILES string of the molecule is CC(C)N1CC2(CCN(C(=O)Nc3cccc4nsnc34)CC2)C1c1ccc(Cl)cc1. The van der Waals surface area contributed by atoms with E-state index in [4.69, 9.17) is 11.6 Å². The van der Waals surface area contributed by atoms with Gasteiger partial charge in [0.15, 0.2) is 0 Å². The summed E-state index contributed by atoms with van der Waals surface area (Å²) in [6.45, 7) is 7.11. The van der Waals surface area contributed by atoms with Crippen LogP contribution >= 0.6 is 23.3 Å². The number of rotatable bonds is 3. The fraction of sp³-hybridized carbons (Fsp3) is 0.435. The Morgan fingerprint density at radius 3 is 2.61 bits per heavy atom. The second-order valence-corrected chi connectivity index (χ2v) is 9.90. The van der Waals surface area contributed by atoms with Gasteiger partial charge >= 0.3 is 6.03 Å². The number of halogens is 1. The van der Waals surface area contributed by atoms with Gasteiger partial charge in [-0.3, -0.25) is 4.90 Å². The minimum absolute atomic E-state index is 0.0570. The molecule has 1 unspecified atom stereocenters. The number of likely N-dealkylation sites (tertiary alicyclic amines) is 2. The summed E-state index contributed by atoms with van der Waals surface area (Å²) in [6, 6.07) is 14.8. The summed E-state index contributed by atoms with van der Waals surface area (Å²) >= 11 is 7.29. The first-order valence-corrected chi connectivity index (χ1v) is 11.9. The molecule has 2 aliphatic rings. The van der Waals surface area contributed by atoms with Crippen LogP contribution in [0.25, 0.3) is 11.0 Å². The molecule has 2 fully saturated rings. The van der Waals surface area contributed by atoms with Crippen molar-refractivity contribution in [1.29, 1.82) is 0 Å². The van der Waals surface area contributed by atoms with Gasteiger partial charge in [-0.05, 0) is 56.5 Å². The van der Waals surface area contributed by atoms with E-state index in [1.807, 2.05) is 35.2 Å². The van der Waals surface area contributed by atoms with Crippen molar-refractivity contribution in [3.63, 3.8) is 0 Å². The van der Waals surface area contributed by atoms with Crippen molar-refractivity contribution in [2.24, 2.45) is 5.41 Å². The van der Waals surface area contributed by atoms with Gasteiger partial charge in [0.2, 0.25) is 0 Å². The van der Waals surface area contributed by atoms with Crippen LogP contribution in [0, 0.1) is 5.41 Å². The zero-order valence-electron chi connectivity index (χ0n) is 17.7. The van der Waals surface area contributed by atoms with E-state index in [0.717, 1.165) is 65.9 Å². The number of anilines is 1. The average molecular weight is 456 g/mol. The lowest BCUT2D eigenvalue weighted by molar-refractivity contribution is -0.123.